The summed E-state index contributed by atoms with van der Waals surface area (Å²) in [5.41, 5.74) is 4.32. The molecule has 3 saturated heterocycles. The second kappa shape index (κ2) is 9.38. The van der Waals surface area contributed by atoms with Crippen molar-refractivity contribution in [2.24, 2.45) is 5.92 Å². The van der Waals surface area contributed by atoms with E-state index in [4.69, 9.17) is 14.2 Å². The van der Waals surface area contributed by atoms with Gasteiger partial charge >= 0.3 is 6.16 Å². The predicted molar refractivity (Wildman–Crippen MR) is 134 cm³/mol. The zero-order chi connectivity index (χ0) is 23.7. The largest absolute Gasteiger partial charge is 0.509 e. The van der Waals surface area contributed by atoms with Crippen LogP contribution in [0.2, 0.25) is 0 Å². The standard InChI is InChI=1S/C30H32NO4/c32-30(35-29-26-13-6-4-11-24(26)25-12-5-7-14-27(25)29)34-28-21-31(18-15-22(28)16-19-31)17-8-20-33-23-9-2-1-3-10-23/h1-7,9-14,22,28-29H,8,15-21H2/q+1. The summed E-state index contributed by atoms with van der Waals surface area (Å²) >= 11 is 0. The second-order valence-electron chi connectivity index (χ2n) is 10.1. The lowest BCUT2D eigenvalue weighted by molar-refractivity contribution is -0.946. The molecule has 4 aliphatic rings. The van der Waals surface area contributed by atoms with Crippen LogP contribution in [0.5, 0.6) is 5.75 Å². The molecule has 0 aromatic heterocycles. The van der Waals surface area contributed by atoms with E-state index in [-0.39, 0.29) is 6.10 Å². The molecule has 3 aliphatic heterocycles. The molecule has 1 unspecified atom stereocenters. The Hall–Kier alpha value is -3.31. The Labute approximate surface area is 206 Å². The Morgan fingerprint density at radius 3 is 2.11 bits per heavy atom. The SMILES string of the molecule is O=C(OC1c2ccccc2-c2ccccc21)OC1C[N+]2(CCCOc3ccccc3)CCC1CC2. The highest BCUT2D eigenvalue weighted by Crippen LogP contribution is 2.45. The fraction of sp³-hybridized carbons (Fsp3) is 0.367. The first-order valence-electron chi connectivity index (χ1n) is 12.8. The average molecular weight is 471 g/mol. The van der Waals surface area contributed by atoms with Crippen molar-refractivity contribution in [2.75, 3.05) is 32.8 Å². The molecule has 1 atom stereocenters. The maximum atomic E-state index is 13.0. The maximum Gasteiger partial charge on any atom is 0.509 e. The van der Waals surface area contributed by atoms with Crippen molar-refractivity contribution in [3.05, 3.63) is 90.0 Å². The number of ether oxygens (including phenoxy) is 3. The lowest BCUT2D eigenvalue weighted by atomic mass is 9.83. The van der Waals surface area contributed by atoms with Crippen LogP contribution in [0, 0.1) is 5.92 Å². The summed E-state index contributed by atoms with van der Waals surface area (Å²) < 4.78 is 18.9. The molecule has 180 valence electrons. The van der Waals surface area contributed by atoms with Crippen molar-refractivity contribution in [1.29, 1.82) is 0 Å². The first kappa shape index (κ1) is 22.2. The van der Waals surface area contributed by atoms with E-state index in [9.17, 15) is 4.79 Å². The molecular weight excluding hydrogens is 438 g/mol. The molecule has 0 spiro atoms. The number of benzene rings is 3. The zero-order valence-electron chi connectivity index (χ0n) is 20.0. The van der Waals surface area contributed by atoms with Crippen molar-refractivity contribution in [2.45, 2.75) is 31.5 Å². The Morgan fingerprint density at radius 2 is 1.43 bits per heavy atom. The van der Waals surface area contributed by atoms with Gasteiger partial charge in [0.05, 0.1) is 26.2 Å². The third-order valence-corrected chi connectivity index (χ3v) is 8.07. The molecule has 35 heavy (non-hydrogen) atoms. The quantitative estimate of drug-likeness (QED) is 0.242. The van der Waals surface area contributed by atoms with Gasteiger partial charge < -0.3 is 18.7 Å². The number of piperidine rings is 3. The molecule has 0 N–H and O–H groups in total. The fourth-order valence-corrected chi connectivity index (χ4v) is 6.26. The molecule has 3 heterocycles. The lowest BCUT2D eigenvalue weighted by Gasteiger charge is -2.51. The molecule has 0 radical (unpaired) electrons. The van der Waals surface area contributed by atoms with Gasteiger partial charge in [-0.3, -0.25) is 0 Å². The highest BCUT2D eigenvalue weighted by molar-refractivity contribution is 5.79. The zero-order valence-corrected chi connectivity index (χ0v) is 20.0. The van der Waals surface area contributed by atoms with Gasteiger partial charge in [0.15, 0.2) is 12.2 Å². The first-order valence-corrected chi connectivity index (χ1v) is 12.8. The molecule has 3 aromatic carbocycles. The number of hydrogen-bond acceptors (Lipinski definition) is 4. The second-order valence-corrected chi connectivity index (χ2v) is 10.1. The summed E-state index contributed by atoms with van der Waals surface area (Å²) in [7, 11) is 0. The summed E-state index contributed by atoms with van der Waals surface area (Å²) in [6.07, 6.45) is 2.16. The van der Waals surface area contributed by atoms with Crippen molar-refractivity contribution in [1.82, 2.24) is 0 Å². The third kappa shape index (κ3) is 4.41. The van der Waals surface area contributed by atoms with E-state index in [1.165, 1.54) is 0 Å². The van der Waals surface area contributed by atoms with Gasteiger partial charge in [0.25, 0.3) is 0 Å². The maximum absolute atomic E-state index is 13.0. The van der Waals surface area contributed by atoms with E-state index < -0.39 is 12.3 Å². The van der Waals surface area contributed by atoms with Gasteiger partial charge in [0.2, 0.25) is 0 Å². The smallest absolute Gasteiger partial charge is 0.493 e. The van der Waals surface area contributed by atoms with Crippen molar-refractivity contribution in [3.8, 4) is 16.9 Å². The molecule has 3 aromatic rings. The van der Waals surface area contributed by atoms with Gasteiger partial charge in [-0.15, -0.1) is 0 Å². The number of para-hydroxylation sites is 1. The number of carbonyl (C=O) groups excluding carboxylic acids is 1. The first-order chi connectivity index (χ1) is 17.2. The van der Waals surface area contributed by atoms with Crippen LogP contribution in [0.15, 0.2) is 78.9 Å². The Morgan fingerprint density at radius 1 is 0.800 bits per heavy atom. The van der Waals surface area contributed by atoms with Crippen LogP contribution >= 0.6 is 0 Å². The number of nitrogens with zero attached hydrogens (tertiary/aromatic N) is 1. The minimum absolute atomic E-state index is 0.0769. The van der Waals surface area contributed by atoms with Crippen molar-refractivity contribution >= 4 is 6.16 Å². The number of hydrogen-bond donors (Lipinski definition) is 0. The number of fused-ring (bicyclic) bond motifs is 6. The molecule has 5 heteroatoms. The molecule has 0 saturated carbocycles. The fourth-order valence-electron chi connectivity index (χ4n) is 6.26. The topological polar surface area (TPSA) is 44.8 Å². The normalized spacial score (nSPS) is 24.5. The van der Waals surface area contributed by atoms with E-state index in [1.807, 2.05) is 66.7 Å². The Balaban J connectivity index is 1.07. The summed E-state index contributed by atoms with van der Waals surface area (Å²) in [6.45, 7) is 4.96. The van der Waals surface area contributed by atoms with E-state index in [2.05, 4.69) is 12.1 Å². The lowest BCUT2D eigenvalue weighted by Crippen LogP contribution is -2.64. The van der Waals surface area contributed by atoms with Crippen LogP contribution in [0.3, 0.4) is 0 Å². The van der Waals surface area contributed by atoms with Crippen LogP contribution in [0.1, 0.15) is 36.5 Å². The summed E-state index contributed by atoms with van der Waals surface area (Å²) in [6, 6.07) is 26.3. The van der Waals surface area contributed by atoms with Gasteiger partial charge in [-0.05, 0) is 23.3 Å². The van der Waals surface area contributed by atoms with E-state index >= 15 is 0 Å². The van der Waals surface area contributed by atoms with E-state index in [1.54, 1.807) is 0 Å². The number of rotatable bonds is 7. The van der Waals surface area contributed by atoms with Crippen LogP contribution in [-0.2, 0) is 9.47 Å². The minimum Gasteiger partial charge on any atom is -0.493 e. The highest BCUT2D eigenvalue weighted by atomic mass is 16.7. The molecule has 0 amide bonds. The predicted octanol–water partition coefficient (Wildman–Crippen LogP) is 5.99. The summed E-state index contributed by atoms with van der Waals surface area (Å²) in [5, 5.41) is 0. The van der Waals surface area contributed by atoms with Gasteiger partial charge in [-0.2, -0.15) is 0 Å². The van der Waals surface area contributed by atoms with Crippen LogP contribution < -0.4 is 4.74 Å². The average Bonchev–Trinajstić information content (AvgIpc) is 3.21. The van der Waals surface area contributed by atoms with Crippen molar-refractivity contribution in [3.63, 3.8) is 0 Å². The Kier molecular flexibility index (Phi) is 5.95. The molecule has 3 fully saturated rings. The van der Waals surface area contributed by atoms with E-state index in [0.29, 0.717) is 12.5 Å². The summed E-state index contributed by atoms with van der Waals surface area (Å²) in [4.78, 5) is 13.0. The van der Waals surface area contributed by atoms with Gasteiger partial charge in [0, 0.05) is 36.3 Å². The molecule has 2 bridgehead atoms. The third-order valence-electron chi connectivity index (χ3n) is 8.07. The van der Waals surface area contributed by atoms with Gasteiger partial charge in [-0.1, -0.05) is 66.7 Å². The minimum atomic E-state index is -0.550. The molecular formula is C30H32NO4+. The van der Waals surface area contributed by atoms with Crippen LogP contribution in [0.25, 0.3) is 11.1 Å². The molecule has 1 aliphatic carbocycles. The number of carbonyl (C=O) groups is 1. The van der Waals surface area contributed by atoms with E-state index in [0.717, 1.165) is 77.9 Å². The molecule has 5 nitrogen and oxygen atoms in total. The van der Waals surface area contributed by atoms with Crippen LogP contribution in [-0.4, -0.2) is 49.5 Å². The number of quaternary nitrogens is 1. The van der Waals surface area contributed by atoms with Gasteiger partial charge in [0.1, 0.15) is 12.3 Å². The van der Waals surface area contributed by atoms with Crippen LogP contribution in [0.4, 0.5) is 4.79 Å². The highest BCUT2D eigenvalue weighted by Gasteiger charge is 2.47. The van der Waals surface area contributed by atoms with Gasteiger partial charge in [-0.25, -0.2) is 4.79 Å². The summed E-state index contributed by atoms with van der Waals surface area (Å²) in [5.74, 6) is 1.36. The van der Waals surface area contributed by atoms with Crippen molar-refractivity contribution < 1.29 is 23.5 Å². The Bertz CT molecular complexity index is 1140. The molecule has 7 rings (SSSR count). The monoisotopic (exact) mass is 470 g/mol.